The molecule has 7 heteroatoms. The van der Waals surface area contributed by atoms with Gasteiger partial charge >= 0.3 is 0 Å². The minimum Gasteiger partial charge on any atom is -0.448 e. The Kier molecular flexibility index (Phi) is 4.00. The highest BCUT2D eigenvalue weighted by Gasteiger charge is 2.40. The quantitative estimate of drug-likeness (QED) is 0.773. The predicted octanol–water partition coefficient (Wildman–Crippen LogP) is 1.93. The van der Waals surface area contributed by atoms with Crippen LogP contribution in [-0.4, -0.2) is 49.6 Å². The van der Waals surface area contributed by atoms with Crippen molar-refractivity contribution in [1.82, 2.24) is 19.9 Å². The molecule has 4 rings (SSSR count). The third kappa shape index (κ3) is 3.34. The maximum absolute atomic E-state index is 12.2. The molecular weight excluding hydrogens is 332 g/mol. The van der Waals surface area contributed by atoms with Crippen LogP contribution < -0.4 is 0 Å². The molecule has 0 atom stereocenters. The number of hydrogen-bond donors (Lipinski definition) is 1. The van der Waals surface area contributed by atoms with E-state index in [1.165, 1.54) is 11.2 Å². The highest BCUT2D eigenvalue weighted by molar-refractivity contribution is 5.92. The van der Waals surface area contributed by atoms with Crippen LogP contribution in [0.5, 0.6) is 0 Å². The standard InChI is InChI=1S/C19H18N4O3/c1-19(25)11-23(12-19)18(24)15-10-26-17(22-15)7-16-20-8-14(9-21-16)13-5-3-2-4-6-13/h2-6,8-10,25H,7,11-12H2,1H3. The van der Waals surface area contributed by atoms with Gasteiger partial charge in [-0.25, -0.2) is 15.0 Å². The van der Waals surface area contributed by atoms with E-state index in [1.54, 1.807) is 19.3 Å². The number of likely N-dealkylation sites (tertiary alicyclic amines) is 1. The van der Waals surface area contributed by atoms with Crippen molar-refractivity contribution in [2.45, 2.75) is 18.9 Å². The van der Waals surface area contributed by atoms with E-state index in [4.69, 9.17) is 4.42 Å². The minimum atomic E-state index is -0.809. The van der Waals surface area contributed by atoms with Gasteiger partial charge in [-0.2, -0.15) is 0 Å². The van der Waals surface area contributed by atoms with E-state index >= 15 is 0 Å². The molecule has 1 N–H and O–H groups in total. The summed E-state index contributed by atoms with van der Waals surface area (Å²) in [6.07, 6.45) is 5.16. The van der Waals surface area contributed by atoms with Gasteiger partial charge in [0, 0.05) is 18.0 Å². The van der Waals surface area contributed by atoms with E-state index in [0.29, 0.717) is 31.2 Å². The number of aromatic nitrogens is 3. The minimum absolute atomic E-state index is 0.233. The number of benzene rings is 1. The summed E-state index contributed by atoms with van der Waals surface area (Å²) < 4.78 is 5.37. The molecule has 2 aromatic heterocycles. The van der Waals surface area contributed by atoms with Gasteiger partial charge in [0.25, 0.3) is 5.91 Å². The van der Waals surface area contributed by atoms with Gasteiger partial charge in [-0.1, -0.05) is 30.3 Å². The van der Waals surface area contributed by atoms with Crippen molar-refractivity contribution < 1.29 is 14.3 Å². The number of hydrogen-bond acceptors (Lipinski definition) is 6. The molecule has 0 bridgehead atoms. The first-order valence-corrected chi connectivity index (χ1v) is 8.33. The van der Waals surface area contributed by atoms with Crippen LogP contribution in [-0.2, 0) is 6.42 Å². The number of carbonyl (C=O) groups excluding carboxylic acids is 1. The molecule has 0 saturated carbocycles. The first kappa shape index (κ1) is 16.4. The molecule has 0 aliphatic carbocycles. The van der Waals surface area contributed by atoms with Gasteiger partial charge in [0.15, 0.2) is 5.69 Å². The molecule has 1 fully saturated rings. The second kappa shape index (κ2) is 6.34. The van der Waals surface area contributed by atoms with Crippen molar-refractivity contribution in [3.05, 3.63) is 66.4 Å². The highest BCUT2D eigenvalue weighted by Crippen LogP contribution is 2.22. The zero-order valence-electron chi connectivity index (χ0n) is 14.3. The lowest BCUT2D eigenvalue weighted by atomic mass is 9.97. The largest absolute Gasteiger partial charge is 0.448 e. The average Bonchev–Trinajstić information content (AvgIpc) is 3.09. The summed E-state index contributed by atoms with van der Waals surface area (Å²) in [5, 5.41) is 9.73. The van der Waals surface area contributed by atoms with E-state index in [1.807, 2.05) is 30.3 Å². The molecule has 0 spiro atoms. The normalized spacial score (nSPS) is 15.5. The Morgan fingerprint density at radius 3 is 2.54 bits per heavy atom. The molecule has 3 aromatic rings. The smallest absolute Gasteiger partial charge is 0.276 e. The first-order chi connectivity index (χ1) is 12.5. The number of oxazole rings is 1. The number of carbonyl (C=O) groups is 1. The first-order valence-electron chi connectivity index (χ1n) is 8.33. The zero-order chi connectivity index (χ0) is 18.1. The molecule has 1 aliphatic heterocycles. The lowest BCUT2D eigenvalue weighted by molar-refractivity contribution is -0.0670. The molecular formula is C19H18N4O3. The Hall–Kier alpha value is -3.06. The van der Waals surface area contributed by atoms with Crippen LogP contribution >= 0.6 is 0 Å². The summed E-state index contributed by atoms with van der Waals surface area (Å²) in [6, 6.07) is 9.88. The molecule has 26 heavy (non-hydrogen) atoms. The molecule has 0 unspecified atom stereocenters. The van der Waals surface area contributed by atoms with Gasteiger partial charge in [-0.3, -0.25) is 4.79 Å². The SMILES string of the molecule is CC1(O)CN(C(=O)c2coc(Cc3ncc(-c4ccccc4)cn3)n2)C1. The summed E-state index contributed by atoms with van der Waals surface area (Å²) >= 11 is 0. The fourth-order valence-corrected chi connectivity index (χ4v) is 2.93. The van der Waals surface area contributed by atoms with Gasteiger partial charge < -0.3 is 14.4 Å². The molecule has 7 nitrogen and oxygen atoms in total. The van der Waals surface area contributed by atoms with Crippen LogP contribution in [0.25, 0.3) is 11.1 Å². The second-order valence-corrected chi connectivity index (χ2v) is 6.72. The van der Waals surface area contributed by atoms with Crippen LogP contribution in [0.3, 0.4) is 0 Å². The Labute approximate surface area is 150 Å². The van der Waals surface area contributed by atoms with Crippen LogP contribution in [0.15, 0.2) is 53.4 Å². The topological polar surface area (TPSA) is 92.3 Å². The van der Waals surface area contributed by atoms with Gasteiger partial charge in [-0.05, 0) is 12.5 Å². The van der Waals surface area contributed by atoms with Crippen LogP contribution in [0.1, 0.15) is 29.1 Å². The number of nitrogens with zero attached hydrogens (tertiary/aromatic N) is 4. The zero-order valence-corrected chi connectivity index (χ0v) is 14.3. The second-order valence-electron chi connectivity index (χ2n) is 6.72. The molecule has 0 radical (unpaired) electrons. The number of amides is 1. The van der Waals surface area contributed by atoms with E-state index in [-0.39, 0.29) is 11.6 Å². The molecule has 1 amide bonds. The monoisotopic (exact) mass is 350 g/mol. The lowest BCUT2D eigenvalue weighted by Gasteiger charge is -2.43. The lowest BCUT2D eigenvalue weighted by Crippen LogP contribution is -2.61. The Morgan fingerprint density at radius 1 is 1.19 bits per heavy atom. The average molecular weight is 350 g/mol. The van der Waals surface area contributed by atoms with Crippen LogP contribution in [0.4, 0.5) is 0 Å². The summed E-state index contributed by atoms with van der Waals surface area (Å²) in [4.78, 5) is 26.7. The molecule has 3 heterocycles. The molecule has 1 aliphatic rings. The van der Waals surface area contributed by atoms with Gasteiger partial charge in [0.1, 0.15) is 12.1 Å². The highest BCUT2D eigenvalue weighted by atomic mass is 16.3. The number of rotatable bonds is 4. The maximum atomic E-state index is 12.2. The molecule has 1 saturated heterocycles. The fourth-order valence-electron chi connectivity index (χ4n) is 2.93. The van der Waals surface area contributed by atoms with E-state index in [0.717, 1.165) is 11.1 Å². The van der Waals surface area contributed by atoms with E-state index in [9.17, 15) is 9.90 Å². The summed E-state index contributed by atoms with van der Waals surface area (Å²) in [5.74, 6) is 0.706. The number of aliphatic hydroxyl groups is 1. The van der Waals surface area contributed by atoms with Crippen LogP contribution in [0, 0.1) is 0 Å². The van der Waals surface area contributed by atoms with Crippen molar-refractivity contribution in [1.29, 1.82) is 0 Å². The van der Waals surface area contributed by atoms with Gasteiger partial charge in [0.2, 0.25) is 5.89 Å². The fraction of sp³-hybridized carbons (Fsp3) is 0.263. The summed E-state index contributed by atoms with van der Waals surface area (Å²) in [7, 11) is 0. The van der Waals surface area contributed by atoms with Gasteiger partial charge in [0.05, 0.1) is 25.1 Å². The van der Waals surface area contributed by atoms with Gasteiger partial charge in [-0.15, -0.1) is 0 Å². The molecule has 132 valence electrons. The third-order valence-electron chi connectivity index (χ3n) is 4.24. The van der Waals surface area contributed by atoms with Crippen LogP contribution in [0.2, 0.25) is 0 Å². The maximum Gasteiger partial charge on any atom is 0.276 e. The summed E-state index contributed by atoms with van der Waals surface area (Å²) in [5.41, 5.74) is 1.41. The van der Waals surface area contributed by atoms with Crippen molar-refractivity contribution in [2.24, 2.45) is 0 Å². The van der Waals surface area contributed by atoms with E-state index < -0.39 is 5.60 Å². The van der Waals surface area contributed by atoms with E-state index in [2.05, 4.69) is 15.0 Å². The predicted molar refractivity (Wildman–Crippen MR) is 93.3 cm³/mol. The van der Waals surface area contributed by atoms with Crippen molar-refractivity contribution in [3.8, 4) is 11.1 Å². The van der Waals surface area contributed by atoms with Crippen molar-refractivity contribution in [3.63, 3.8) is 0 Å². The Bertz CT molecular complexity index is 911. The number of β-amino-alcohol motifs (C(OH)–C–C–N with tert-alkyl or cyclic N) is 1. The summed E-state index contributed by atoms with van der Waals surface area (Å²) in [6.45, 7) is 2.30. The van der Waals surface area contributed by atoms with Crippen molar-refractivity contribution >= 4 is 5.91 Å². The van der Waals surface area contributed by atoms with Crippen molar-refractivity contribution in [2.75, 3.05) is 13.1 Å². The third-order valence-corrected chi connectivity index (χ3v) is 4.24. The Morgan fingerprint density at radius 2 is 1.88 bits per heavy atom. The Balaban J connectivity index is 1.42. The molecule has 1 aromatic carbocycles.